The number of amides is 1. The second-order valence-electron chi connectivity index (χ2n) is 4.93. The zero-order valence-corrected chi connectivity index (χ0v) is 9.52. The first-order valence-corrected chi connectivity index (χ1v) is 6.21. The third-order valence-electron chi connectivity index (χ3n) is 3.53. The molecular weight excluding hydrogens is 206 g/mol. The van der Waals surface area contributed by atoms with Gasteiger partial charge in [0, 0.05) is 12.0 Å². The van der Waals surface area contributed by atoms with Crippen molar-refractivity contribution in [2.45, 2.75) is 51.0 Å². The molecule has 4 heteroatoms. The van der Waals surface area contributed by atoms with E-state index in [1.165, 1.54) is 6.42 Å². The van der Waals surface area contributed by atoms with Gasteiger partial charge in [0.15, 0.2) is 0 Å². The van der Waals surface area contributed by atoms with Gasteiger partial charge in [0.1, 0.15) is 6.54 Å². The fourth-order valence-corrected chi connectivity index (χ4v) is 2.49. The van der Waals surface area contributed by atoms with Gasteiger partial charge < -0.3 is 10.0 Å². The van der Waals surface area contributed by atoms with Crippen molar-refractivity contribution in [2.75, 3.05) is 6.54 Å². The normalized spacial score (nSPS) is 21.8. The largest absolute Gasteiger partial charge is 0.480 e. The van der Waals surface area contributed by atoms with E-state index in [4.69, 9.17) is 5.11 Å². The zero-order valence-electron chi connectivity index (χ0n) is 9.52. The van der Waals surface area contributed by atoms with Crippen molar-refractivity contribution in [3.63, 3.8) is 0 Å². The molecule has 0 aromatic carbocycles. The van der Waals surface area contributed by atoms with E-state index in [1.54, 1.807) is 4.90 Å². The van der Waals surface area contributed by atoms with Crippen molar-refractivity contribution in [1.82, 2.24) is 4.90 Å². The summed E-state index contributed by atoms with van der Waals surface area (Å²) in [5.41, 5.74) is 0. The first kappa shape index (κ1) is 11.4. The molecule has 0 aromatic rings. The van der Waals surface area contributed by atoms with Crippen LogP contribution in [0.2, 0.25) is 0 Å². The van der Waals surface area contributed by atoms with E-state index in [-0.39, 0.29) is 24.4 Å². The Labute approximate surface area is 95.6 Å². The Balaban J connectivity index is 1.99. The van der Waals surface area contributed by atoms with Crippen molar-refractivity contribution in [3.05, 3.63) is 0 Å². The van der Waals surface area contributed by atoms with Gasteiger partial charge in [-0.2, -0.15) is 0 Å². The molecule has 0 bridgehead atoms. The lowest BCUT2D eigenvalue weighted by molar-refractivity contribution is -0.147. The molecule has 1 N–H and O–H groups in total. The van der Waals surface area contributed by atoms with E-state index in [9.17, 15) is 9.59 Å². The lowest BCUT2D eigenvalue weighted by Gasteiger charge is -2.33. The standard InChI is InChI=1S/C12H19NO3/c14-11(15)8-13(12(16)9-6-7-9)10-4-2-1-3-5-10/h9-10H,1-8H2,(H,14,15). The highest BCUT2D eigenvalue weighted by Crippen LogP contribution is 2.33. The van der Waals surface area contributed by atoms with Crippen LogP contribution in [0.15, 0.2) is 0 Å². The highest BCUT2D eigenvalue weighted by Gasteiger charge is 2.37. The second-order valence-corrected chi connectivity index (χ2v) is 4.93. The van der Waals surface area contributed by atoms with Crippen LogP contribution >= 0.6 is 0 Å². The predicted molar refractivity (Wildman–Crippen MR) is 58.9 cm³/mol. The van der Waals surface area contributed by atoms with Gasteiger partial charge in [0.25, 0.3) is 0 Å². The number of hydrogen-bond donors (Lipinski definition) is 1. The topological polar surface area (TPSA) is 57.6 Å². The monoisotopic (exact) mass is 225 g/mol. The van der Waals surface area contributed by atoms with Gasteiger partial charge in [0.05, 0.1) is 0 Å². The summed E-state index contributed by atoms with van der Waals surface area (Å²) in [5.74, 6) is -0.685. The molecule has 2 rings (SSSR count). The molecule has 0 atom stereocenters. The summed E-state index contributed by atoms with van der Waals surface area (Å²) in [6, 6.07) is 0.179. The number of hydrogen-bond acceptors (Lipinski definition) is 2. The van der Waals surface area contributed by atoms with Gasteiger partial charge in [-0.3, -0.25) is 9.59 Å². The maximum atomic E-state index is 12.0. The number of aliphatic carboxylic acids is 1. The number of carboxylic acid groups (broad SMARTS) is 1. The fraction of sp³-hybridized carbons (Fsp3) is 0.833. The molecule has 0 saturated heterocycles. The van der Waals surface area contributed by atoms with Gasteiger partial charge in [-0.25, -0.2) is 0 Å². The molecule has 2 aliphatic rings. The Morgan fingerprint density at radius 2 is 1.69 bits per heavy atom. The molecule has 2 saturated carbocycles. The molecule has 2 fully saturated rings. The van der Waals surface area contributed by atoms with Crippen LogP contribution in [-0.2, 0) is 9.59 Å². The number of rotatable bonds is 4. The van der Waals surface area contributed by atoms with Crippen molar-refractivity contribution in [3.8, 4) is 0 Å². The molecule has 0 radical (unpaired) electrons. The van der Waals surface area contributed by atoms with Crippen LogP contribution < -0.4 is 0 Å². The maximum Gasteiger partial charge on any atom is 0.323 e. The van der Waals surface area contributed by atoms with Gasteiger partial charge in [-0.1, -0.05) is 19.3 Å². The molecule has 16 heavy (non-hydrogen) atoms. The van der Waals surface area contributed by atoms with Crippen molar-refractivity contribution in [2.24, 2.45) is 5.92 Å². The molecule has 0 unspecified atom stereocenters. The first-order chi connectivity index (χ1) is 7.68. The van der Waals surface area contributed by atoms with Crippen LogP contribution in [0.25, 0.3) is 0 Å². The molecule has 90 valence electrons. The smallest absolute Gasteiger partial charge is 0.323 e. The van der Waals surface area contributed by atoms with Gasteiger partial charge in [-0.15, -0.1) is 0 Å². The molecular formula is C12H19NO3. The summed E-state index contributed by atoms with van der Waals surface area (Å²) < 4.78 is 0. The van der Waals surface area contributed by atoms with E-state index in [0.717, 1.165) is 38.5 Å². The molecule has 4 nitrogen and oxygen atoms in total. The van der Waals surface area contributed by atoms with Crippen molar-refractivity contribution < 1.29 is 14.7 Å². The number of nitrogens with zero attached hydrogens (tertiary/aromatic N) is 1. The Morgan fingerprint density at radius 3 is 2.19 bits per heavy atom. The van der Waals surface area contributed by atoms with Gasteiger partial charge in [-0.05, 0) is 25.7 Å². The van der Waals surface area contributed by atoms with Crippen molar-refractivity contribution >= 4 is 11.9 Å². The number of carbonyl (C=O) groups is 2. The molecule has 0 spiro atoms. The predicted octanol–water partition coefficient (Wildman–Crippen LogP) is 1.64. The first-order valence-electron chi connectivity index (χ1n) is 6.21. The van der Waals surface area contributed by atoms with E-state index in [0.29, 0.717) is 0 Å². The Kier molecular flexibility index (Phi) is 3.46. The van der Waals surface area contributed by atoms with E-state index in [2.05, 4.69) is 0 Å². The van der Waals surface area contributed by atoms with Crippen LogP contribution in [0, 0.1) is 5.92 Å². The quantitative estimate of drug-likeness (QED) is 0.791. The number of carboxylic acids is 1. The lowest BCUT2D eigenvalue weighted by atomic mass is 9.94. The summed E-state index contributed by atoms with van der Waals surface area (Å²) in [5, 5.41) is 8.87. The molecule has 2 aliphatic carbocycles. The average Bonchev–Trinajstić information content (AvgIpc) is 3.10. The minimum absolute atomic E-state index is 0.0781. The SMILES string of the molecule is O=C(O)CN(C(=O)C1CC1)C1CCCCC1. The van der Waals surface area contributed by atoms with E-state index >= 15 is 0 Å². The molecule has 0 aromatic heterocycles. The number of carbonyl (C=O) groups excluding carboxylic acids is 1. The summed E-state index contributed by atoms with van der Waals surface area (Å²) in [4.78, 5) is 24.4. The summed E-state index contributed by atoms with van der Waals surface area (Å²) >= 11 is 0. The Morgan fingerprint density at radius 1 is 1.06 bits per heavy atom. The van der Waals surface area contributed by atoms with Crippen molar-refractivity contribution in [1.29, 1.82) is 0 Å². The van der Waals surface area contributed by atoms with Gasteiger partial charge in [0.2, 0.25) is 5.91 Å². The summed E-state index contributed by atoms with van der Waals surface area (Å²) in [7, 11) is 0. The fourth-order valence-electron chi connectivity index (χ4n) is 2.49. The lowest BCUT2D eigenvalue weighted by Crippen LogP contribution is -2.45. The second kappa shape index (κ2) is 4.85. The van der Waals surface area contributed by atoms with Gasteiger partial charge >= 0.3 is 5.97 Å². The molecule has 1 amide bonds. The van der Waals surface area contributed by atoms with Crippen LogP contribution in [0.5, 0.6) is 0 Å². The van der Waals surface area contributed by atoms with E-state index < -0.39 is 5.97 Å². The Bertz CT molecular complexity index is 280. The van der Waals surface area contributed by atoms with E-state index in [1.807, 2.05) is 0 Å². The Hall–Kier alpha value is -1.06. The third-order valence-corrected chi connectivity index (χ3v) is 3.53. The van der Waals surface area contributed by atoms with Crippen LogP contribution in [0.3, 0.4) is 0 Å². The minimum atomic E-state index is -0.889. The molecule has 0 heterocycles. The summed E-state index contributed by atoms with van der Waals surface area (Å²) in [6.45, 7) is -0.111. The van der Waals surface area contributed by atoms with Crippen LogP contribution in [-0.4, -0.2) is 34.5 Å². The molecule has 0 aliphatic heterocycles. The highest BCUT2D eigenvalue weighted by atomic mass is 16.4. The van der Waals surface area contributed by atoms with Crippen LogP contribution in [0.1, 0.15) is 44.9 Å². The average molecular weight is 225 g/mol. The summed E-state index contributed by atoms with van der Waals surface area (Å²) in [6.07, 6.45) is 7.31. The third kappa shape index (κ3) is 2.74. The zero-order chi connectivity index (χ0) is 11.5. The highest BCUT2D eigenvalue weighted by molar-refractivity contribution is 5.85. The maximum absolute atomic E-state index is 12.0. The minimum Gasteiger partial charge on any atom is -0.480 e. The van der Waals surface area contributed by atoms with Crippen LogP contribution in [0.4, 0.5) is 0 Å².